The molecule has 0 fully saturated rings. The first-order chi connectivity index (χ1) is 4.22. The number of aromatic hydroxyl groups is 1. The number of pyridine rings is 1. The number of hydrogen-bond acceptors (Lipinski definition) is 2. The van der Waals surface area contributed by atoms with Gasteiger partial charge in [-0.1, -0.05) is 0 Å². The van der Waals surface area contributed by atoms with Gasteiger partial charge in [0.15, 0.2) is 0 Å². The molecule has 3 heteroatoms. The van der Waals surface area contributed by atoms with Crippen molar-refractivity contribution < 1.29 is 9.50 Å². The van der Waals surface area contributed by atoms with Crippen molar-refractivity contribution in [3.8, 4) is 5.75 Å². The highest BCUT2D eigenvalue weighted by Crippen LogP contribution is 2.15. The Balaban J connectivity index is 3.25. The van der Waals surface area contributed by atoms with Gasteiger partial charge in [-0.2, -0.15) is 0 Å². The van der Waals surface area contributed by atoms with Gasteiger partial charge in [0.2, 0.25) is 0 Å². The molecule has 0 atom stereocenters. The van der Waals surface area contributed by atoms with Gasteiger partial charge >= 0.3 is 0 Å². The van der Waals surface area contributed by atoms with Crippen molar-refractivity contribution in [2.24, 2.45) is 0 Å². The lowest BCUT2D eigenvalue weighted by atomic mass is 10.3. The highest BCUT2D eigenvalue weighted by Gasteiger charge is 1.99. The van der Waals surface area contributed by atoms with E-state index < -0.39 is 5.82 Å². The summed E-state index contributed by atoms with van der Waals surface area (Å²) in [7, 11) is 0. The van der Waals surface area contributed by atoms with Crippen LogP contribution in [0.25, 0.3) is 0 Å². The Morgan fingerprint density at radius 2 is 2.22 bits per heavy atom. The third-order valence-electron chi connectivity index (χ3n) is 1.13. The summed E-state index contributed by atoms with van der Waals surface area (Å²) in [6.45, 7) is 1.49. The third kappa shape index (κ3) is 0.988. The molecule has 0 aliphatic carbocycles. The molecular formula is C6H6FNO. The zero-order chi connectivity index (χ0) is 6.85. The normalized spacial score (nSPS) is 9.56. The Morgan fingerprint density at radius 3 is 2.67 bits per heavy atom. The summed E-state index contributed by atoms with van der Waals surface area (Å²) in [6, 6.07) is 0. The minimum absolute atomic E-state index is 0.102. The van der Waals surface area contributed by atoms with Gasteiger partial charge in [0.1, 0.15) is 11.6 Å². The van der Waals surface area contributed by atoms with E-state index >= 15 is 0 Å². The minimum atomic E-state index is -0.477. The maximum atomic E-state index is 12.4. The lowest BCUT2D eigenvalue weighted by molar-refractivity contribution is 0.459. The van der Waals surface area contributed by atoms with Gasteiger partial charge in [-0.3, -0.25) is 4.98 Å². The van der Waals surface area contributed by atoms with Crippen LogP contribution in [0.15, 0.2) is 12.4 Å². The van der Waals surface area contributed by atoms with Crippen LogP contribution >= 0.6 is 0 Å². The summed E-state index contributed by atoms with van der Waals surface area (Å²) in [5, 5.41) is 8.80. The minimum Gasteiger partial charge on any atom is -0.506 e. The molecule has 1 heterocycles. The predicted molar refractivity (Wildman–Crippen MR) is 30.6 cm³/mol. The molecule has 9 heavy (non-hydrogen) atoms. The molecule has 0 amide bonds. The molecule has 0 aliphatic heterocycles. The quantitative estimate of drug-likeness (QED) is 0.568. The first-order valence-electron chi connectivity index (χ1n) is 2.51. The van der Waals surface area contributed by atoms with Crippen molar-refractivity contribution in [1.29, 1.82) is 0 Å². The van der Waals surface area contributed by atoms with E-state index in [1.54, 1.807) is 0 Å². The molecule has 48 valence electrons. The van der Waals surface area contributed by atoms with Crippen LogP contribution < -0.4 is 0 Å². The number of halogens is 1. The summed E-state index contributed by atoms with van der Waals surface area (Å²) in [6.07, 6.45) is 2.27. The second kappa shape index (κ2) is 2.01. The Bertz CT molecular complexity index is 204. The first-order valence-corrected chi connectivity index (χ1v) is 2.51. The molecule has 0 aromatic carbocycles. The molecule has 2 nitrogen and oxygen atoms in total. The molecule has 0 bridgehead atoms. The Labute approximate surface area is 52.0 Å². The van der Waals surface area contributed by atoms with Crippen molar-refractivity contribution in [1.82, 2.24) is 4.98 Å². The Kier molecular flexibility index (Phi) is 1.34. The Morgan fingerprint density at radius 1 is 1.56 bits per heavy atom. The summed E-state index contributed by atoms with van der Waals surface area (Å²) in [4.78, 5) is 3.42. The zero-order valence-electron chi connectivity index (χ0n) is 4.93. The smallest absolute Gasteiger partial charge is 0.148 e. The molecule has 0 aliphatic rings. The van der Waals surface area contributed by atoms with Gasteiger partial charge in [-0.25, -0.2) is 4.39 Å². The fourth-order valence-electron chi connectivity index (χ4n) is 0.489. The van der Waals surface area contributed by atoms with Gasteiger partial charge in [0.25, 0.3) is 0 Å². The average Bonchev–Trinajstić information content (AvgIpc) is 1.83. The summed E-state index contributed by atoms with van der Waals surface area (Å²) >= 11 is 0. The van der Waals surface area contributed by atoms with E-state index in [9.17, 15) is 4.39 Å². The SMILES string of the molecule is Cc1c(O)cncc1F. The molecule has 0 unspecified atom stereocenters. The highest BCUT2D eigenvalue weighted by atomic mass is 19.1. The van der Waals surface area contributed by atoms with Crippen LogP contribution in [0.4, 0.5) is 4.39 Å². The number of nitrogens with zero attached hydrogens (tertiary/aromatic N) is 1. The molecule has 1 rings (SSSR count). The van der Waals surface area contributed by atoms with Crippen molar-refractivity contribution in [3.63, 3.8) is 0 Å². The van der Waals surface area contributed by atoms with Gasteiger partial charge < -0.3 is 5.11 Å². The van der Waals surface area contributed by atoms with E-state index in [4.69, 9.17) is 5.11 Å². The van der Waals surface area contributed by atoms with Crippen molar-refractivity contribution in [3.05, 3.63) is 23.8 Å². The van der Waals surface area contributed by atoms with E-state index in [1.807, 2.05) is 0 Å². The largest absolute Gasteiger partial charge is 0.506 e. The van der Waals surface area contributed by atoms with Gasteiger partial charge in [-0.05, 0) is 6.92 Å². The van der Waals surface area contributed by atoms with Crippen LogP contribution in [0.3, 0.4) is 0 Å². The molecule has 0 saturated heterocycles. The summed E-state index contributed by atoms with van der Waals surface area (Å²) in [5.41, 5.74) is 0.241. The molecule has 0 saturated carbocycles. The van der Waals surface area contributed by atoms with E-state index in [2.05, 4.69) is 4.98 Å². The van der Waals surface area contributed by atoms with Crippen LogP contribution in [-0.2, 0) is 0 Å². The van der Waals surface area contributed by atoms with Gasteiger partial charge in [0.05, 0.1) is 12.4 Å². The van der Waals surface area contributed by atoms with E-state index in [-0.39, 0.29) is 11.3 Å². The van der Waals surface area contributed by atoms with Crippen molar-refractivity contribution in [2.75, 3.05) is 0 Å². The molecule has 0 spiro atoms. The second-order valence-electron chi connectivity index (χ2n) is 1.77. The zero-order valence-corrected chi connectivity index (χ0v) is 4.93. The maximum Gasteiger partial charge on any atom is 0.148 e. The second-order valence-corrected chi connectivity index (χ2v) is 1.77. The van der Waals surface area contributed by atoms with Crippen molar-refractivity contribution in [2.45, 2.75) is 6.92 Å². The standard InChI is InChI=1S/C6H6FNO/c1-4-5(7)2-8-3-6(4)9/h2-3,9H,1H3. The number of rotatable bonds is 0. The van der Waals surface area contributed by atoms with E-state index in [0.29, 0.717) is 0 Å². The third-order valence-corrected chi connectivity index (χ3v) is 1.13. The fraction of sp³-hybridized carbons (Fsp3) is 0.167. The lowest BCUT2D eigenvalue weighted by Crippen LogP contribution is -1.83. The first kappa shape index (κ1) is 6.01. The topological polar surface area (TPSA) is 33.1 Å². The van der Waals surface area contributed by atoms with E-state index in [0.717, 1.165) is 6.20 Å². The average molecular weight is 127 g/mol. The summed E-state index contributed by atoms with van der Waals surface area (Å²) in [5.74, 6) is -0.579. The molecule has 1 N–H and O–H groups in total. The van der Waals surface area contributed by atoms with Gasteiger partial charge in [0, 0.05) is 5.56 Å². The molecule has 0 radical (unpaired) electrons. The molecular weight excluding hydrogens is 121 g/mol. The predicted octanol–water partition coefficient (Wildman–Crippen LogP) is 1.23. The van der Waals surface area contributed by atoms with Crippen LogP contribution in [0.5, 0.6) is 5.75 Å². The number of aromatic nitrogens is 1. The van der Waals surface area contributed by atoms with Crippen LogP contribution in [0, 0.1) is 12.7 Å². The maximum absolute atomic E-state index is 12.4. The van der Waals surface area contributed by atoms with Crippen LogP contribution in [0.2, 0.25) is 0 Å². The summed E-state index contributed by atoms with van der Waals surface area (Å²) < 4.78 is 12.4. The van der Waals surface area contributed by atoms with Crippen LogP contribution in [-0.4, -0.2) is 10.1 Å². The van der Waals surface area contributed by atoms with Crippen LogP contribution in [0.1, 0.15) is 5.56 Å². The van der Waals surface area contributed by atoms with Crippen molar-refractivity contribution >= 4 is 0 Å². The Hall–Kier alpha value is -1.12. The fourth-order valence-corrected chi connectivity index (χ4v) is 0.489. The lowest BCUT2D eigenvalue weighted by Gasteiger charge is -1.95. The highest BCUT2D eigenvalue weighted by molar-refractivity contribution is 5.27. The molecule has 1 aromatic rings. The monoisotopic (exact) mass is 127 g/mol. The molecule has 1 aromatic heterocycles. The van der Waals surface area contributed by atoms with Gasteiger partial charge in [-0.15, -0.1) is 0 Å². The number of hydrogen-bond donors (Lipinski definition) is 1. The van der Waals surface area contributed by atoms with E-state index in [1.165, 1.54) is 13.1 Å².